The predicted octanol–water partition coefficient (Wildman–Crippen LogP) is 2.43. The Hall–Kier alpha value is -2.64. The van der Waals surface area contributed by atoms with Crippen molar-refractivity contribution in [2.45, 2.75) is 25.3 Å². The second-order valence-electron chi connectivity index (χ2n) is 6.81. The molecule has 3 aromatic rings. The average Bonchev–Trinajstić information content (AvgIpc) is 3.27. The van der Waals surface area contributed by atoms with Gasteiger partial charge in [0.25, 0.3) is 0 Å². The van der Waals surface area contributed by atoms with E-state index in [-0.39, 0.29) is 18.0 Å². The maximum Gasteiger partial charge on any atom is 0.123 e. The van der Waals surface area contributed by atoms with Crippen LogP contribution in [0.25, 0.3) is 11.3 Å². The van der Waals surface area contributed by atoms with Crippen molar-refractivity contribution in [1.29, 1.82) is 0 Å². The topological polar surface area (TPSA) is 56.1 Å². The van der Waals surface area contributed by atoms with E-state index in [1.54, 1.807) is 12.4 Å². The van der Waals surface area contributed by atoms with Gasteiger partial charge in [0.15, 0.2) is 0 Å². The molecule has 0 N–H and O–H groups in total. The molecule has 5 rings (SSSR count). The van der Waals surface area contributed by atoms with Gasteiger partial charge in [0.1, 0.15) is 11.5 Å². The summed E-state index contributed by atoms with van der Waals surface area (Å²) in [6.07, 6.45) is 3.65. The zero-order valence-electron chi connectivity index (χ0n) is 14.1. The van der Waals surface area contributed by atoms with Crippen molar-refractivity contribution < 1.29 is 9.13 Å². The highest BCUT2D eigenvalue weighted by atomic mass is 19.1. The Morgan fingerprint density at radius 2 is 2.04 bits per heavy atom. The molecule has 2 aliphatic rings. The number of likely N-dealkylation sites (tertiary alicyclic amines) is 1. The number of benzene rings is 1. The van der Waals surface area contributed by atoms with Crippen LogP contribution in [0.15, 0.2) is 48.8 Å². The van der Waals surface area contributed by atoms with Crippen LogP contribution in [0.2, 0.25) is 0 Å². The number of nitrogens with zero attached hydrogens (tertiary/aromatic N) is 5. The first-order valence-corrected chi connectivity index (χ1v) is 8.71. The summed E-state index contributed by atoms with van der Waals surface area (Å²) in [4.78, 5) is 6.49. The third-order valence-corrected chi connectivity index (χ3v) is 5.11. The summed E-state index contributed by atoms with van der Waals surface area (Å²) < 4.78 is 21.2. The molecular weight excluding hydrogens is 333 g/mol. The second-order valence-corrected chi connectivity index (χ2v) is 6.81. The highest BCUT2D eigenvalue weighted by Crippen LogP contribution is 2.34. The molecule has 0 radical (unpaired) electrons. The van der Waals surface area contributed by atoms with Gasteiger partial charge in [-0.3, -0.25) is 9.88 Å². The highest BCUT2D eigenvalue weighted by Gasteiger charge is 2.40. The molecule has 26 heavy (non-hydrogen) atoms. The smallest absolute Gasteiger partial charge is 0.123 e. The van der Waals surface area contributed by atoms with Crippen molar-refractivity contribution in [2.75, 3.05) is 13.1 Å². The van der Waals surface area contributed by atoms with E-state index >= 15 is 0 Å². The van der Waals surface area contributed by atoms with E-state index in [1.807, 2.05) is 28.9 Å². The average molecular weight is 351 g/mol. The Morgan fingerprint density at radius 3 is 2.85 bits per heavy atom. The maximum atomic E-state index is 13.1. The van der Waals surface area contributed by atoms with Crippen molar-refractivity contribution >= 4 is 0 Å². The van der Waals surface area contributed by atoms with Crippen LogP contribution in [-0.2, 0) is 17.9 Å². The van der Waals surface area contributed by atoms with Crippen LogP contribution in [0, 0.1) is 5.82 Å². The van der Waals surface area contributed by atoms with E-state index in [9.17, 15) is 4.39 Å². The van der Waals surface area contributed by atoms with Crippen molar-refractivity contribution in [3.8, 4) is 11.3 Å². The number of rotatable bonds is 3. The molecule has 0 amide bonds. The van der Waals surface area contributed by atoms with E-state index in [1.165, 1.54) is 12.1 Å². The van der Waals surface area contributed by atoms with Crippen molar-refractivity contribution in [3.63, 3.8) is 0 Å². The minimum absolute atomic E-state index is 0.103. The Balaban J connectivity index is 1.37. The van der Waals surface area contributed by atoms with Gasteiger partial charge in [-0.25, -0.2) is 9.07 Å². The van der Waals surface area contributed by atoms with Crippen molar-refractivity contribution in [3.05, 3.63) is 65.9 Å². The summed E-state index contributed by atoms with van der Waals surface area (Å²) >= 11 is 0. The van der Waals surface area contributed by atoms with Crippen LogP contribution in [-0.4, -0.2) is 44.1 Å². The van der Waals surface area contributed by atoms with E-state index < -0.39 is 0 Å². The van der Waals surface area contributed by atoms with E-state index in [4.69, 9.17) is 4.74 Å². The zero-order chi connectivity index (χ0) is 17.5. The Morgan fingerprint density at radius 1 is 1.15 bits per heavy atom. The number of ether oxygens (including phenoxy) is 1. The molecular formula is C19H18FN5O. The maximum absolute atomic E-state index is 13.1. The summed E-state index contributed by atoms with van der Waals surface area (Å²) in [6.45, 7) is 2.95. The van der Waals surface area contributed by atoms with Crippen LogP contribution in [0.1, 0.15) is 17.3 Å². The quantitative estimate of drug-likeness (QED) is 0.725. The highest BCUT2D eigenvalue weighted by molar-refractivity contribution is 5.60. The molecule has 132 valence electrons. The van der Waals surface area contributed by atoms with Gasteiger partial charge in [-0.15, -0.1) is 5.10 Å². The number of aromatic nitrogens is 4. The van der Waals surface area contributed by atoms with Gasteiger partial charge in [-0.2, -0.15) is 0 Å². The minimum atomic E-state index is -0.206. The van der Waals surface area contributed by atoms with Gasteiger partial charge in [0.05, 0.1) is 24.4 Å². The second kappa shape index (κ2) is 6.26. The summed E-state index contributed by atoms with van der Waals surface area (Å²) in [7, 11) is 0. The van der Waals surface area contributed by atoms with Crippen molar-refractivity contribution in [2.24, 2.45) is 0 Å². The van der Waals surface area contributed by atoms with Gasteiger partial charge in [-0.05, 0) is 29.8 Å². The molecule has 0 bridgehead atoms. The number of fused-ring (bicyclic) bond motifs is 3. The Bertz CT molecular complexity index is 911. The minimum Gasteiger partial charge on any atom is -0.368 e. The summed E-state index contributed by atoms with van der Waals surface area (Å²) in [5.74, 6) is -0.206. The van der Waals surface area contributed by atoms with Crippen LogP contribution in [0.3, 0.4) is 0 Å². The first kappa shape index (κ1) is 15.6. The standard InChI is InChI=1S/C19H18FN5O/c20-15-5-3-13(4-6-15)9-24-10-16-18(11-24)26-12-17-19(22-23-25(16)17)14-2-1-7-21-8-14/h1-8,16,18H,9-12H2/t16-,18-/m1/s1. The fraction of sp³-hybridized carbons (Fsp3) is 0.316. The molecule has 2 aliphatic heterocycles. The van der Waals surface area contributed by atoms with Crippen molar-refractivity contribution in [1.82, 2.24) is 24.9 Å². The molecule has 7 heteroatoms. The number of hydrogen-bond donors (Lipinski definition) is 0. The molecule has 4 heterocycles. The molecule has 6 nitrogen and oxygen atoms in total. The Kier molecular flexibility index (Phi) is 3.76. The summed E-state index contributed by atoms with van der Waals surface area (Å²) in [5.41, 5.74) is 3.90. The molecule has 0 saturated carbocycles. The van der Waals surface area contributed by atoms with Crippen LogP contribution in [0.5, 0.6) is 0 Å². The van der Waals surface area contributed by atoms with Gasteiger partial charge >= 0.3 is 0 Å². The lowest BCUT2D eigenvalue weighted by molar-refractivity contribution is -0.00494. The number of pyridine rings is 1. The fourth-order valence-electron chi connectivity index (χ4n) is 3.84. The van der Waals surface area contributed by atoms with Crippen LogP contribution < -0.4 is 0 Å². The fourth-order valence-corrected chi connectivity index (χ4v) is 3.84. The largest absolute Gasteiger partial charge is 0.368 e. The molecule has 0 aliphatic carbocycles. The zero-order valence-corrected chi connectivity index (χ0v) is 14.1. The lowest BCUT2D eigenvalue weighted by Gasteiger charge is -2.26. The number of halogens is 1. The van der Waals surface area contributed by atoms with Gasteiger partial charge in [-0.1, -0.05) is 17.3 Å². The lowest BCUT2D eigenvalue weighted by Crippen LogP contribution is -2.32. The van der Waals surface area contributed by atoms with E-state index in [2.05, 4.69) is 20.2 Å². The molecule has 1 fully saturated rings. The number of hydrogen-bond acceptors (Lipinski definition) is 5. The summed E-state index contributed by atoms with van der Waals surface area (Å²) in [5, 5.41) is 8.79. The normalized spacial score (nSPS) is 22.2. The molecule has 0 spiro atoms. The predicted molar refractivity (Wildman–Crippen MR) is 92.5 cm³/mol. The van der Waals surface area contributed by atoms with Gasteiger partial charge in [0, 0.05) is 37.6 Å². The molecule has 2 atom stereocenters. The van der Waals surface area contributed by atoms with Crippen LogP contribution >= 0.6 is 0 Å². The third kappa shape index (κ3) is 2.69. The SMILES string of the molecule is Fc1ccc(CN2C[C@@H]3[C@@H](C2)OCc2c(-c4cccnc4)nnn23)cc1. The van der Waals surface area contributed by atoms with Gasteiger partial charge in [0.2, 0.25) is 0 Å². The molecule has 1 saturated heterocycles. The first-order valence-electron chi connectivity index (χ1n) is 8.71. The third-order valence-electron chi connectivity index (χ3n) is 5.11. The van der Waals surface area contributed by atoms with E-state index in [0.29, 0.717) is 6.61 Å². The molecule has 2 aromatic heterocycles. The van der Waals surface area contributed by atoms with Crippen LogP contribution in [0.4, 0.5) is 4.39 Å². The summed E-state index contributed by atoms with van der Waals surface area (Å²) in [6, 6.07) is 10.7. The lowest BCUT2D eigenvalue weighted by atomic mass is 10.1. The Labute approximate surface area is 150 Å². The first-order chi connectivity index (χ1) is 12.8. The van der Waals surface area contributed by atoms with Gasteiger partial charge < -0.3 is 4.74 Å². The molecule has 0 unspecified atom stereocenters. The molecule has 1 aromatic carbocycles. The van der Waals surface area contributed by atoms with E-state index in [0.717, 1.165) is 42.1 Å². The monoisotopic (exact) mass is 351 g/mol.